The largest absolute Gasteiger partial charge is 0.296 e. The fraction of sp³-hybridized carbons (Fsp3) is 0.769. The number of hydrogen-bond acceptors (Lipinski definition) is 3. The van der Waals surface area contributed by atoms with Crippen molar-refractivity contribution in [3.8, 4) is 0 Å². The molecule has 0 spiro atoms. The van der Waals surface area contributed by atoms with Gasteiger partial charge >= 0.3 is 0 Å². The van der Waals surface area contributed by atoms with E-state index >= 15 is 0 Å². The zero-order valence-corrected chi connectivity index (χ0v) is 20.7. The lowest BCUT2D eigenvalue weighted by Crippen LogP contribution is -2.49. The molecule has 0 radical (unpaired) electrons. The second kappa shape index (κ2) is 12.4. The van der Waals surface area contributed by atoms with Gasteiger partial charge in [0.1, 0.15) is 0 Å². The first-order chi connectivity index (χ1) is 15.0. The smallest absolute Gasteiger partial charge is 0.214 e. The van der Waals surface area contributed by atoms with Gasteiger partial charge in [-0.05, 0) is 36.8 Å². The van der Waals surface area contributed by atoms with Crippen molar-refractivity contribution >= 4 is 10.0 Å². The summed E-state index contributed by atoms with van der Waals surface area (Å²) in [7, 11) is -1.35. The van der Waals surface area contributed by atoms with Crippen LogP contribution in [0, 0.1) is 0 Å². The van der Waals surface area contributed by atoms with Gasteiger partial charge in [0.25, 0.3) is 0 Å². The second-order valence-electron chi connectivity index (χ2n) is 9.69. The van der Waals surface area contributed by atoms with Crippen molar-refractivity contribution in [1.82, 2.24) is 9.21 Å². The molecule has 0 amide bonds. The zero-order chi connectivity index (χ0) is 22.1. The first kappa shape index (κ1) is 24.7. The van der Waals surface area contributed by atoms with Crippen LogP contribution in [0.15, 0.2) is 24.3 Å². The molecule has 0 aromatic heterocycles. The van der Waals surface area contributed by atoms with E-state index in [4.69, 9.17) is 0 Å². The van der Waals surface area contributed by atoms with E-state index in [1.807, 2.05) is 7.05 Å². The maximum Gasteiger partial charge on any atom is 0.214 e. The molecule has 0 bridgehead atoms. The van der Waals surface area contributed by atoms with Gasteiger partial charge in [-0.25, -0.2) is 12.7 Å². The molecular weight excluding hydrogens is 404 g/mol. The Balaban J connectivity index is 1.40. The lowest BCUT2D eigenvalue weighted by Gasteiger charge is -2.45. The van der Waals surface area contributed by atoms with Gasteiger partial charge in [-0.15, -0.1) is 0 Å². The highest BCUT2D eigenvalue weighted by Crippen LogP contribution is 2.38. The minimum atomic E-state index is -3.17. The standard InChI is InChI=1S/C26H44N2O2S/c1-3-4-5-6-7-8-9-10-11-14-21-31(29,30)27(2)24-18-20-28-19-17-23-15-12-13-16-25(23)26(28)22-24/h12-13,15-16,24,26H,3-11,14,17-22H2,1-2H3/t24-,26+/m1/s1. The van der Waals surface area contributed by atoms with Crippen molar-refractivity contribution < 1.29 is 8.42 Å². The van der Waals surface area contributed by atoms with Gasteiger partial charge in [-0.3, -0.25) is 4.90 Å². The van der Waals surface area contributed by atoms with E-state index in [1.54, 1.807) is 4.31 Å². The summed E-state index contributed by atoms with van der Waals surface area (Å²) in [5, 5.41) is 0. The van der Waals surface area contributed by atoms with E-state index in [0.29, 0.717) is 11.8 Å². The molecule has 1 aromatic carbocycles. The van der Waals surface area contributed by atoms with Crippen LogP contribution in [0.3, 0.4) is 0 Å². The molecule has 2 heterocycles. The molecule has 0 aliphatic carbocycles. The van der Waals surface area contributed by atoms with Gasteiger partial charge in [0.05, 0.1) is 5.75 Å². The minimum Gasteiger partial charge on any atom is -0.296 e. The Labute approximate surface area is 191 Å². The van der Waals surface area contributed by atoms with Gasteiger partial charge in [0.15, 0.2) is 0 Å². The van der Waals surface area contributed by atoms with Gasteiger partial charge in [-0.2, -0.15) is 0 Å². The van der Waals surface area contributed by atoms with Crippen LogP contribution in [0.25, 0.3) is 0 Å². The maximum absolute atomic E-state index is 13.0. The predicted molar refractivity (Wildman–Crippen MR) is 131 cm³/mol. The monoisotopic (exact) mass is 448 g/mol. The first-order valence-corrected chi connectivity index (χ1v) is 14.4. The normalized spacial score (nSPS) is 21.8. The lowest BCUT2D eigenvalue weighted by molar-refractivity contribution is 0.0969. The molecule has 2 aliphatic rings. The third kappa shape index (κ3) is 7.03. The van der Waals surface area contributed by atoms with Crippen LogP contribution in [-0.4, -0.2) is 49.6 Å². The SMILES string of the molecule is CCCCCCCCCCCCS(=O)(=O)N(C)[C@@H]1CCN2CCc3ccccc3[C@@H]2C1. The van der Waals surface area contributed by atoms with Crippen molar-refractivity contribution in [3.05, 3.63) is 35.4 Å². The molecule has 31 heavy (non-hydrogen) atoms. The van der Waals surface area contributed by atoms with Crippen LogP contribution in [-0.2, 0) is 16.4 Å². The van der Waals surface area contributed by atoms with Crippen LogP contribution < -0.4 is 0 Å². The number of fused-ring (bicyclic) bond motifs is 3. The third-order valence-corrected chi connectivity index (χ3v) is 9.46. The van der Waals surface area contributed by atoms with Crippen LogP contribution in [0.4, 0.5) is 0 Å². The van der Waals surface area contributed by atoms with Crippen molar-refractivity contribution in [2.24, 2.45) is 0 Å². The molecule has 5 heteroatoms. The van der Waals surface area contributed by atoms with E-state index in [0.717, 1.165) is 45.2 Å². The fourth-order valence-electron chi connectivity index (χ4n) is 5.41. The van der Waals surface area contributed by atoms with E-state index in [1.165, 1.54) is 62.5 Å². The van der Waals surface area contributed by atoms with Gasteiger partial charge in [-0.1, -0.05) is 89.0 Å². The average Bonchev–Trinajstić information content (AvgIpc) is 2.79. The zero-order valence-electron chi connectivity index (χ0n) is 19.9. The Kier molecular flexibility index (Phi) is 9.86. The summed E-state index contributed by atoms with van der Waals surface area (Å²) in [5.74, 6) is 0.307. The van der Waals surface area contributed by atoms with E-state index in [-0.39, 0.29) is 6.04 Å². The molecule has 4 nitrogen and oxygen atoms in total. The third-order valence-electron chi connectivity index (χ3n) is 7.48. The topological polar surface area (TPSA) is 40.6 Å². The van der Waals surface area contributed by atoms with Crippen LogP contribution >= 0.6 is 0 Å². The van der Waals surface area contributed by atoms with E-state index < -0.39 is 10.0 Å². The number of unbranched alkanes of at least 4 members (excludes halogenated alkanes) is 9. The number of benzene rings is 1. The lowest BCUT2D eigenvalue weighted by atomic mass is 9.85. The molecule has 1 fully saturated rings. The molecule has 2 atom stereocenters. The van der Waals surface area contributed by atoms with Gasteiger partial charge < -0.3 is 0 Å². The Morgan fingerprint density at radius 1 is 0.935 bits per heavy atom. The average molecular weight is 449 g/mol. The molecule has 0 unspecified atom stereocenters. The number of rotatable bonds is 13. The fourth-order valence-corrected chi connectivity index (χ4v) is 6.91. The highest BCUT2D eigenvalue weighted by Gasteiger charge is 2.37. The van der Waals surface area contributed by atoms with Crippen LogP contribution in [0.5, 0.6) is 0 Å². The number of piperidine rings is 1. The Hall–Kier alpha value is -0.910. The van der Waals surface area contributed by atoms with Crippen molar-refractivity contribution in [2.45, 2.75) is 102 Å². The molecule has 3 rings (SSSR count). The summed E-state index contributed by atoms with van der Waals surface area (Å²) in [4.78, 5) is 2.56. The molecule has 176 valence electrons. The van der Waals surface area contributed by atoms with Crippen LogP contribution in [0.2, 0.25) is 0 Å². The first-order valence-electron chi connectivity index (χ1n) is 12.8. The molecule has 2 aliphatic heterocycles. The molecule has 1 saturated heterocycles. The summed E-state index contributed by atoms with van der Waals surface area (Å²) < 4.78 is 27.7. The van der Waals surface area contributed by atoms with Crippen molar-refractivity contribution in [3.63, 3.8) is 0 Å². The summed E-state index contributed by atoms with van der Waals surface area (Å²) in [5.41, 5.74) is 2.86. The van der Waals surface area contributed by atoms with Gasteiger partial charge in [0.2, 0.25) is 10.0 Å². The van der Waals surface area contributed by atoms with Crippen molar-refractivity contribution in [2.75, 3.05) is 25.9 Å². The molecule has 1 aromatic rings. The van der Waals surface area contributed by atoms with E-state index in [9.17, 15) is 8.42 Å². The number of hydrogen-bond donors (Lipinski definition) is 0. The molecule has 0 saturated carbocycles. The van der Waals surface area contributed by atoms with Crippen molar-refractivity contribution in [1.29, 1.82) is 0 Å². The second-order valence-corrected chi connectivity index (χ2v) is 11.8. The van der Waals surface area contributed by atoms with Crippen LogP contribution in [0.1, 0.15) is 101 Å². The predicted octanol–water partition coefficient (Wildman–Crippen LogP) is 5.93. The van der Waals surface area contributed by atoms with Gasteiger partial charge in [0, 0.05) is 32.2 Å². The summed E-state index contributed by atoms with van der Waals surface area (Å²) in [6.07, 6.45) is 15.3. The Bertz CT molecular complexity index is 764. The molecule has 0 N–H and O–H groups in total. The summed E-state index contributed by atoms with van der Waals surface area (Å²) in [6.45, 7) is 4.36. The molecular formula is C26H44N2O2S. The number of sulfonamides is 1. The highest BCUT2D eigenvalue weighted by atomic mass is 32.2. The Morgan fingerprint density at radius 3 is 2.29 bits per heavy atom. The van der Waals surface area contributed by atoms with E-state index in [2.05, 4.69) is 36.1 Å². The number of nitrogens with zero attached hydrogens (tertiary/aromatic N) is 2. The summed E-state index contributed by atoms with van der Waals surface area (Å²) >= 11 is 0. The Morgan fingerprint density at radius 2 is 1.58 bits per heavy atom. The maximum atomic E-state index is 13.0. The highest BCUT2D eigenvalue weighted by molar-refractivity contribution is 7.89. The quantitative estimate of drug-likeness (QED) is 0.351. The minimum absolute atomic E-state index is 0.125. The summed E-state index contributed by atoms with van der Waals surface area (Å²) in [6, 6.07) is 9.23.